The topological polar surface area (TPSA) is 271 Å². The summed E-state index contributed by atoms with van der Waals surface area (Å²) >= 11 is 0. The summed E-state index contributed by atoms with van der Waals surface area (Å²) in [5.74, 6) is -4.19. The number of carboxylic acid groups (broad SMARTS) is 2. The van der Waals surface area contributed by atoms with E-state index in [2.05, 4.69) is 0 Å². The number of carboxylic acids is 2. The zero-order valence-corrected chi connectivity index (χ0v) is 24.4. The number of aromatic hydroxyl groups is 4. The van der Waals surface area contributed by atoms with Crippen molar-refractivity contribution in [1.29, 1.82) is 0 Å². The lowest BCUT2D eigenvalue weighted by molar-refractivity contribution is -0.140. The Hall–Kier alpha value is -4.46. The van der Waals surface area contributed by atoms with Crippen LogP contribution in [0.2, 0.25) is 0 Å². The van der Waals surface area contributed by atoms with Crippen LogP contribution in [-0.2, 0) is 42.9 Å². The number of carbonyl (C=O) groups is 2. The second-order valence-corrected chi connectivity index (χ2v) is 12.0. The molecule has 16 nitrogen and oxygen atoms in total. The zero-order chi connectivity index (χ0) is 33.2. The minimum absolute atomic E-state index is 0.0782. The van der Waals surface area contributed by atoms with E-state index in [4.69, 9.17) is 29.5 Å². The molecule has 0 amide bonds. The molecule has 0 aliphatic carbocycles. The highest BCUT2D eigenvalue weighted by molar-refractivity contribution is 7.86. The van der Waals surface area contributed by atoms with Crippen molar-refractivity contribution in [3.05, 3.63) is 71.8 Å². The van der Waals surface area contributed by atoms with Crippen LogP contribution in [0.25, 0.3) is 0 Å². The van der Waals surface area contributed by atoms with Crippen LogP contribution in [0.4, 0.5) is 0 Å². The summed E-state index contributed by atoms with van der Waals surface area (Å²) in [6.07, 6.45) is 0. The molecule has 8 N–H and O–H groups in total. The van der Waals surface area contributed by atoms with Crippen LogP contribution in [0.5, 0.6) is 23.0 Å². The van der Waals surface area contributed by atoms with E-state index in [0.29, 0.717) is 23.3 Å². The summed E-state index contributed by atoms with van der Waals surface area (Å²) in [5.41, 5.74) is 1.18. The standard InChI is InChI=1S/C20H24N2O6.C6H6O8S2/c23-17-7-3-1-5-15(17)11-21(13-19(25)26)9-10-22(14-20(27)28)12-16-6-2-4-8-18(16)24;7-4-1-3(15(9,10)11)2-5(6(4)8)16(12,13)14/h1-8,23-24H,9-14H2,(H,25,26)(H,27,28);1-2,7-8H,(H,9,10,11)(H,12,13,14). The van der Waals surface area contributed by atoms with E-state index in [0.717, 1.165) is 0 Å². The van der Waals surface area contributed by atoms with Crippen LogP contribution < -0.4 is 0 Å². The van der Waals surface area contributed by atoms with Gasteiger partial charge in [0.15, 0.2) is 11.5 Å². The molecule has 240 valence electrons. The van der Waals surface area contributed by atoms with Crippen molar-refractivity contribution in [2.45, 2.75) is 22.9 Å². The number of phenols is 4. The zero-order valence-electron chi connectivity index (χ0n) is 22.8. The largest absolute Gasteiger partial charge is 0.508 e. The Morgan fingerprint density at radius 1 is 0.614 bits per heavy atom. The number of hydrogen-bond acceptors (Lipinski definition) is 12. The summed E-state index contributed by atoms with van der Waals surface area (Å²) in [6, 6.07) is 14.1. The van der Waals surface area contributed by atoms with Crippen molar-refractivity contribution in [1.82, 2.24) is 9.80 Å². The molecule has 0 unspecified atom stereocenters. The van der Waals surface area contributed by atoms with Gasteiger partial charge in [-0.1, -0.05) is 36.4 Å². The molecule has 0 fully saturated rings. The van der Waals surface area contributed by atoms with Gasteiger partial charge in [0.1, 0.15) is 16.4 Å². The number of nitrogens with zero attached hydrogens (tertiary/aromatic N) is 2. The van der Waals surface area contributed by atoms with E-state index >= 15 is 0 Å². The minimum atomic E-state index is -4.92. The van der Waals surface area contributed by atoms with Crippen molar-refractivity contribution in [3.63, 3.8) is 0 Å². The van der Waals surface area contributed by atoms with Gasteiger partial charge in [-0.2, -0.15) is 16.8 Å². The maximum absolute atomic E-state index is 11.2. The van der Waals surface area contributed by atoms with E-state index in [9.17, 15) is 36.6 Å². The highest BCUT2D eigenvalue weighted by atomic mass is 32.2. The third-order valence-corrected chi connectivity index (χ3v) is 7.52. The van der Waals surface area contributed by atoms with Crippen molar-refractivity contribution in [2.24, 2.45) is 0 Å². The molecule has 0 atom stereocenters. The van der Waals surface area contributed by atoms with Crippen LogP contribution in [0.3, 0.4) is 0 Å². The molecule has 0 saturated carbocycles. The summed E-state index contributed by atoms with van der Waals surface area (Å²) in [5, 5.41) is 56.3. The lowest BCUT2D eigenvalue weighted by Crippen LogP contribution is -2.39. The number of aliphatic carboxylic acids is 2. The van der Waals surface area contributed by atoms with Crippen LogP contribution in [0.15, 0.2) is 70.5 Å². The fourth-order valence-electron chi connectivity index (χ4n) is 3.78. The smallest absolute Gasteiger partial charge is 0.317 e. The molecular formula is C26H30N2O14S2. The average molecular weight is 659 g/mol. The van der Waals surface area contributed by atoms with Gasteiger partial charge in [-0.15, -0.1) is 0 Å². The molecule has 0 aliphatic rings. The predicted molar refractivity (Wildman–Crippen MR) is 151 cm³/mol. The molecule has 0 bridgehead atoms. The predicted octanol–water partition coefficient (Wildman–Crippen LogP) is 1.16. The molecule has 18 heteroatoms. The normalized spacial score (nSPS) is 11.6. The first-order valence-corrected chi connectivity index (χ1v) is 15.2. The van der Waals surface area contributed by atoms with Gasteiger partial charge in [0.05, 0.1) is 18.0 Å². The molecule has 3 rings (SSSR count). The van der Waals surface area contributed by atoms with E-state index in [1.54, 1.807) is 46.2 Å². The molecule has 0 heterocycles. The quantitative estimate of drug-likeness (QED) is 0.0945. The average Bonchev–Trinajstić information content (AvgIpc) is 2.89. The highest BCUT2D eigenvalue weighted by Crippen LogP contribution is 2.34. The molecule has 0 aliphatic heterocycles. The third kappa shape index (κ3) is 11.3. The van der Waals surface area contributed by atoms with Crippen molar-refractivity contribution in [2.75, 3.05) is 26.2 Å². The van der Waals surface area contributed by atoms with E-state index in [-0.39, 0.29) is 50.8 Å². The maximum Gasteiger partial charge on any atom is 0.317 e. The number of benzene rings is 3. The van der Waals surface area contributed by atoms with Gasteiger partial charge in [0, 0.05) is 43.4 Å². The number of rotatable bonds is 13. The van der Waals surface area contributed by atoms with Crippen LogP contribution in [0, 0.1) is 0 Å². The first-order valence-electron chi connectivity index (χ1n) is 12.3. The molecule has 3 aromatic carbocycles. The Bertz CT molecular complexity index is 1630. The van der Waals surface area contributed by atoms with Gasteiger partial charge >= 0.3 is 11.9 Å². The minimum Gasteiger partial charge on any atom is -0.508 e. The van der Waals surface area contributed by atoms with Crippen LogP contribution >= 0.6 is 0 Å². The molecule has 3 aromatic rings. The molecule has 0 saturated heterocycles. The van der Waals surface area contributed by atoms with Gasteiger partial charge in [0.2, 0.25) is 0 Å². The summed E-state index contributed by atoms with van der Waals surface area (Å²) in [7, 11) is -9.70. The third-order valence-electron chi connectivity index (χ3n) is 5.83. The molecule has 44 heavy (non-hydrogen) atoms. The Balaban J connectivity index is 0.000000358. The van der Waals surface area contributed by atoms with Crippen LogP contribution in [-0.4, -0.2) is 104 Å². The first kappa shape index (κ1) is 35.7. The lowest BCUT2D eigenvalue weighted by atomic mass is 10.1. The van der Waals surface area contributed by atoms with E-state index < -0.39 is 53.5 Å². The fourth-order valence-corrected chi connectivity index (χ4v) is 5.01. The second kappa shape index (κ2) is 15.3. The molecule has 0 radical (unpaired) electrons. The number of para-hydroxylation sites is 2. The molecule has 0 spiro atoms. The van der Waals surface area contributed by atoms with Crippen molar-refractivity contribution < 1.29 is 66.2 Å². The van der Waals surface area contributed by atoms with Gasteiger partial charge in [0.25, 0.3) is 20.2 Å². The molecular weight excluding hydrogens is 628 g/mol. The number of hydrogen-bond donors (Lipinski definition) is 8. The van der Waals surface area contributed by atoms with Gasteiger partial charge in [-0.3, -0.25) is 28.5 Å². The summed E-state index contributed by atoms with van der Waals surface area (Å²) in [4.78, 5) is 23.4. The highest BCUT2D eigenvalue weighted by Gasteiger charge is 2.23. The Labute approximate surface area is 251 Å². The summed E-state index contributed by atoms with van der Waals surface area (Å²) in [6.45, 7) is 0.508. The van der Waals surface area contributed by atoms with Crippen LogP contribution in [0.1, 0.15) is 11.1 Å². The Morgan fingerprint density at radius 3 is 1.36 bits per heavy atom. The monoisotopic (exact) mass is 658 g/mol. The maximum atomic E-state index is 11.2. The van der Waals surface area contributed by atoms with Crippen molar-refractivity contribution in [3.8, 4) is 23.0 Å². The first-order chi connectivity index (χ1) is 20.4. The van der Waals surface area contributed by atoms with E-state index in [1.807, 2.05) is 0 Å². The lowest BCUT2D eigenvalue weighted by Gasteiger charge is -2.26. The summed E-state index contributed by atoms with van der Waals surface area (Å²) < 4.78 is 59.9. The number of phenolic OH excluding ortho intramolecular Hbond substituents is 4. The Kier molecular flexibility index (Phi) is 12.4. The fraction of sp³-hybridized carbons (Fsp3) is 0.231. The van der Waals surface area contributed by atoms with Gasteiger partial charge in [-0.05, 0) is 18.2 Å². The van der Waals surface area contributed by atoms with Gasteiger partial charge < -0.3 is 30.6 Å². The Morgan fingerprint density at radius 2 is 1.02 bits per heavy atom. The molecule has 0 aromatic heterocycles. The van der Waals surface area contributed by atoms with Gasteiger partial charge in [-0.25, -0.2) is 0 Å². The SMILES string of the molecule is O=C(O)CN(CCN(CC(=O)O)Cc1ccccc1O)Cc1ccccc1O.O=S(=O)(O)c1cc(O)c(O)c(S(=O)(=O)O)c1. The second-order valence-electron chi connectivity index (χ2n) is 9.21. The van der Waals surface area contributed by atoms with E-state index in [1.165, 1.54) is 12.1 Å². The van der Waals surface area contributed by atoms with Crippen molar-refractivity contribution >= 4 is 32.2 Å².